The summed E-state index contributed by atoms with van der Waals surface area (Å²) in [5.74, 6) is 3.76. The number of ether oxygens (including phenoxy) is 1. The standard InChI is InChI=1S/C14H25NO/c1-14(2,8-15)16-13-11-4-9-3-10(6-11)7-12(13)5-9/h9-13H,3-8,15H2,1-2H3. The molecule has 4 rings (SSSR count). The third-order valence-corrected chi connectivity index (χ3v) is 5.09. The highest BCUT2D eigenvalue weighted by Crippen LogP contribution is 2.55. The Hall–Kier alpha value is -0.0800. The van der Waals surface area contributed by atoms with Crippen molar-refractivity contribution in [2.75, 3.05) is 6.54 Å². The van der Waals surface area contributed by atoms with Crippen LogP contribution in [0.25, 0.3) is 0 Å². The smallest absolute Gasteiger partial charge is 0.0752 e. The summed E-state index contributed by atoms with van der Waals surface area (Å²) in [5, 5.41) is 0. The summed E-state index contributed by atoms with van der Waals surface area (Å²) in [4.78, 5) is 0. The number of nitrogens with two attached hydrogens (primary N) is 1. The van der Waals surface area contributed by atoms with E-state index in [9.17, 15) is 0 Å². The summed E-state index contributed by atoms with van der Waals surface area (Å²) >= 11 is 0. The Morgan fingerprint density at radius 3 is 1.94 bits per heavy atom. The molecule has 0 aromatic heterocycles. The van der Waals surface area contributed by atoms with Crippen LogP contribution in [0.4, 0.5) is 0 Å². The Kier molecular flexibility index (Phi) is 2.56. The van der Waals surface area contributed by atoms with Crippen molar-refractivity contribution in [2.45, 2.75) is 57.7 Å². The Bertz CT molecular complexity index is 246. The summed E-state index contributed by atoms with van der Waals surface area (Å²) in [5.41, 5.74) is 5.66. The summed E-state index contributed by atoms with van der Waals surface area (Å²) in [6.45, 7) is 4.91. The van der Waals surface area contributed by atoms with E-state index in [1.807, 2.05) is 0 Å². The molecule has 0 saturated heterocycles. The van der Waals surface area contributed by atoms with E-state index < -0.39 is 0 Å². The molecular weight excluding hydrogens is 198 g/mol. The first-order valence-electron chi connectivity index (χ1n) is 6.95. The van der Waals surface area contributed by atoms with Crippen molar-refractivity contribution in [3.8, 4) is 0 Å². The van der Waals surface area contributed by atoms with Gasteiger partial charge < -0.3 is 10.5 Å². The molecule has 4 aliphatic rings. The van der Waals surface area contributed by atoms with Crippen molar-refractivity contribution in [1.29, 1.82) is 0 Å². The van der Waals surface area contributed by atoms with Crippen LogP contribution < -0.4 is 5.73 Å². The van der Waals surface area contributed by atoms with Crippen molar-refractivity contribution in [1.82, 2.24) is 0 Å². The quantitative estimate of drug-likeness (QED) is 0.798. The van der Waals surface area contributed by atoms with E-state index in [4.69, 9.17) is 10.5 Å². The topological polar surface area (TPSA) is 35.2 Å². The summed E-state index contributed by atoms with van der Waals surface area (Å²) in [6, 6.07) is 0. The van der Waals surface area contributed by atoms with Crippen LogP contribution in [0.5, 0.6) is 0 Å². The lowest BCUT2D eigenvalue weighted by atomic mass is 9.55. The molecule has 0 radical (unpaired) electrons. The van der Waals surface area contributed by atoms with Crippen LogP contribution in [0.15, 0.2) is 0 Å². The third kappa shape index (κ3) is 1.80. The van der Waals surface area contributed by atoms with Crippen LogP contribution in [0.2, 0.25) is 0 Å². The highest BCUT2D eigenvalue weighted by atomic mass is 16.5. The third-order valence-electron chi connectivity index (χ3n) is 5.09. The average molecular weight is 223 g/mol. The normalized spacial score (nSPS) is 46.3. The molecule has 0 aromatic carbocycles. The van der Waals surface area contributed by atoms with Gasteiger partial charge in [0.15, 0.2) is 0 Å². The van der Waals surface area contributed by atoms with E-state index in [0.29, 0.717) is 12.6 Å². The van der Waals surface area contributed by atoms with Gasteiger partial charge in [-0.15, -0.1) is 0 Å². The van der Waals surface area contributed by atoms with Gasteiger partial charge in [-0.05, 0) is 69.6 Å². The second-order valence-corrected chi connectivity index (χ2v) is 6.98. The second kappa shape index (κ2) is 3.71. The average Bonchev–Trinajstić information content (AvgIpc) is 2.22. The molecular formula is C14H25NO. The fourth-order valence-corrected chi connectivity index (χ4v) is 4.48. The van der Waals surface area contributed by atoms with Crippen molar-refractivity contribution >= 4 is 0 Å². The fourth-order valence-electron chi connectivity index (χ4n) is 4.48. The van der Waals surface area contributed by atoms with Gasteiger partial charge in [0, 0.05) is 6.54 Å². The summed E-state index contributed by atoms with van der Waals surface area (Å²) in [6.07, 6.45) is 7.75. The van der Waals surface area contributed by atoms with Gasteiger partial charge in [-0.1, -0.05) is 0 Å². The minimum atomic E-state index is -0.125. The van der Waals surface area contributed by atoms with Crippen LogP contribution >= 0.6 is 0 Å². The fraction of sp³-hybridized carbons (Fsp3) is 1.00. The van der Waals surface area contributed by atoms with Gasteiger partial charge in [0.2, 0.25) is 0 Å². The SMILES string of the molecule is CC(C)(CN)OC1C2CC3CC(C2)CC1C3. The number of rotatable bonds is 3. The van der Waals surface area contributed by atoms with Crippen LogP contribution in [0.3, 0.4) is 0 Å². The first-order valence-corrected chi connectivity index (χ1v) is 6.95. The maximum Gasteiger partial charge on any atom is 0.0752 e. The van der Waals surface area contributed by atoms with Gasteiger partial charge in [0.25, 0.3) is 0 Å². The highest BCUT2D eigenvalue weighted by Gasteiger charge is 2.49. The summed E-state index contributed by atoms with van der Waals surface area (Å²) < 4.78 is 6.34. The highest BCUT2D eigenvalue weighted by molar-refractivity contribution is 4.99. The van der Waals surface area contributed by atoms with Crippen LogP contribution in [-0.2, 0) is 4.74 Å². The van der Waals surface area contributed by atoms with Gasteiger partial charge in [0.05, 0.1) is 11.7 Å². The maximum absolute atomic E-state index is 6.34. The Morgan fingerprint density at radius 2 is 1.50 bits per heavy atom. The Morgan fingerprint density at radius 1 is 1.00 bits per heavy atom. The van der Waals surface area contributed by atoms with Gasteiger partial charge in [-0.25, -0.2) is 0 Å². The van der Waals surface area contributed by atoms with Crippen LogP contribution in [-0.4, -0.2) is 18.2 Å². The molecule has 2 nitrogen and oxygen atoms in total. The van der Waals surface area contributed by atoms with Crippen molar-refractivity contribution in [3.63, 3.8) is 0 Å². The van der Waals surface area contributed by atoms with Gasteiger partial charge >= 0.3 is 0 Å². The van der Waals surface area contributed by atoms with Crippen molar-refractivity contribution in [3.05, 3.63) is 0 Å². The lowest BCUT2D eigenvalue weighted by molar-refractivity contribution is -0.175. The molecule has 0 amide bonds. The number of hydrogen-bond donors (Lipinski definition) is 1. The zero-order chi connectivity index (χ0) is 11.3. The minimum absolute atomic E-state index is 0.125. The second-order valence-electron chi connectivity index (χ2n) is 6.98. The van der Waals surface area contributed by atoms with Gasteiger partial charge in [-0.3, -0.25) is 0 Å². The largest absolute Gasteiger partial charge is 0.370 e. The zero-order valence-corrected chi connectivity index (χ0v) is 10.6. The van der Waals surface area contributed by atoms with E-state index in [2.05, 4.69) is 13.8 Å². The van der Waals surface area contributed by atoms with E-state index in [1.165, 1.54) is 32.1 Å². The molecule has 0 aliphatic heterocycles. The van der Waals surface area contributed by atoms with E-state index in [-0.39, 0.29) is 5.60 Å². The molecule has 4 fully saturated rings. The molecule has 0 unspecified atom stereocenters. The molecule has 2 heteroatoms. The van der Waals surface area contributed by atoms with Crippen molar-refractivity contribution < 1.29 is 4.74 Å². The van der Waals surface area contributed by atoms with E-state index in [1.54, 1.807) is 0 Å². The van der Waals surface area contributed by atoms with E-state index >= 15 is 0 Å². The predicted octanol–water partition coefficient (Wildman–Crippen LogP) is 2.57. The molecule has 92 valence electrons. The van der Waals surface area contributed by atoms with Gasteiger partial charge in [0.1, 0.15) is 0 Å². The molecule has 4 aliphatic carbocycles. The van der Waals surface area contributed by atoms with Crippen LogP contribution in [0, 0.1) is 23.7 Å². The van der Waals surface area contributed by atoms with E-state index in [0.717, 1.165) is 23.7 Å². The Labute approximate surface area is 98.9 Å². The summed E-state index contributed by atoms with van der Waals surface area (Å²) in [7, 11) is 0. The number of hydrogen-bond acceptors (Lipinski definition) is 2. The predicted molar refractivity (Wildman–Crippen MR) is 65.1 cm³/mol. The minimum Gasteiger partial charge on any atom is -0.370 e. The van der Waals surface area contributed by atoms with Crippen LogP contribution in [0.1, 0.15) is 46.0 Å². The lowest BCUT2D eigenvalue weighted by Gasteiger charge is -2.55. The first-order chi connectivity index (χ1) is 7.57. The molecule has 16 heavy (non-hydrogen) atoms. The molecule has 0 heterocycles. The van der Waals surface area contributed by atoms with Crippen molar-refractivity contribution in [2.24, 2.45) is 29.4 Å². The molecule has 0 aromatic rings. The molecule has 0 atom stereocenters. The molecule has 2 N–H and O–H groups in total. The molecule has 4 saturated carbocycles. The van der Waals surface area contributed by atoms with Gasteiger partial charge in [-0.2, -0.15) is 0 Å². The first kappa shape index (κ1) is 11.0. The zero-order valence-electron chi connectivity index (χ0n) is 10.6. The molecule has 0 spiro atoms. The maximum atomic E-state index is 6.34. The molecule has 4 bridgehead atoms. The lowest BCUT2D eigenvalue weighted by Crippen LogP contribution is -2.53. The monoisotopic (exact) mass is 223 g/mol. The Balaban J connectivity index is 1.72.